The summed E-state index contributed by atoms with van der Waals surface area (Å²) < 4.78 is 1.57. The van der Waals surface area contributed by atoms with Gasteiger partial charge in [-0.25, -0.2) is 4.68 Å². The fourth-order valence-electron chi connectivity index (χ4n) is 1.92. The third-order valence-corrected chi connectivity index (χ3v) is 3.01. The first kappa shape index (κ1) is 14.7. The molecule has 2 aromatic rings. The van der Waals surface area contributed by atoms with Gasteiger partial charge >= 0.3 is 5.97 Å². The summed E-state index contributed by atoms with van der Waals surface area (Å²) in [5, 5.41) is 16.2. The number of nitrogens with zero attached hydrogens (tertiary/aromatic N) is 4. The Labute approximate surface area is 121 Å². The van der Waals surface area contributed by atoms with Gasteiger partial charge in [-0.15, -0.1) is 5.10 Å². The van der Waals surface area contributed by atoms with E-state index in [2.05, 4.69) is 10.3 Å². The summed E-state index contributed by atoms with van der Waals surface area (Å²) in [7, 11) is 1.66. The van der Waals surface area contributed by atoms with Gasteiger partial charge in [-0.05, 0) is 24.6 Å². The summed E-state index contributed by atoms with van der Waals surface area (Å²) in [5.74, 6) is -1.01. The van der Waals surface area contributed by atoms with E-state index in [1.165, 1.54) is 4.90 Å². The molecule has 21 heavy (non-hydrogen) atoms. The molecule has 0 atom stereocenters. The molecule has 0 saturated heterocycles. The minimum atomic E-state index is -0.857. The van der Waals surface area contributed by atoms with Crippen LogP contribution in [-0.4, -0.2) is 50.5 Å². The third-order valence-electron chi connectivity index (χ3n) is 3.01. The maximum atomic E-state index is 12.3. The molecule has 7 heteroatoms. The van der Waals surface area contributed by atoms with Crippen molar-refractivity contribution in [3.8, 4) is 5.69 Å². The van der Waals surface area contributed by atoms with Crippen molar-refractivity contribution in [2.45, 2.75) is 12.8 Å². The van der Waals surface area contributed by atoms with Crippen LogP contribution in [-0.2, 0) is 4.79 Å². The predicted octanol–water partition coefficient (Wildman–Crippen LogP) is 1.20. The minimum absolute atomic E-state index is 0.0522. The first-order valence-electron chi connectivity index (χ1n) is 6.52. The van der Waals surface area contributed by atoms with Crippen LogP contribution in [0.4, 0.5) is 0 Å². The summed E-state index contributed by atoms with van der Waals surface area (Å²) in [6.07, 6.45) is 3.74. The molecule has 0 bridgehead atoms. The second kappa shape index (κ2) is 6.65. The highest BCUT2D eigenvalue weighted by molar-refractivity contribution is 5.94. The Morgan fingerprint density at radius 3 is 2.86 bits per heavy atom. The summed E-state index contributed by atoms with van der Waals surface area (Å²) >= 11 is 0. The van der Waals surface area contributed by atoms with Crippen LogP contribution < -0.4 is 0 Å². The number of carbonyl (C=O) groups is 2. The van der Waals surface area contributed by atoms with E-state index >= 15 is 0 Å². The van der Waals surface area contributed by atoms with Gasteiger partial charge in [0.1, 0.15) is 0 Å². The number of hydrogen-bond donors (Lipinski definition) is 1. The Hall–Kier alpha value is -2.70. The van der Waals surface area contributed by atoms with Crippen LogP contribution in [0.2, 0.25) is 0 Å². The molecule has 7 nitrogen and oxygen atoms in total. The first-order chi connectivity index (χ1) is 10.1. The molecule has 0 aliphatic carbocycles. The molecule has 0 aliphatic rings. The molecule has 1 amide bonds. The fraction of sp³-hybridized carbons (Fsp3) is 0.286. The largest absolute Gasteiger partial charge is 0.481 e. The highest BCUT2D eigenvalue weighted by Crippen LogP contribution is 2.11. The quantitative estimate of drug-likeness (QED) is 0.863. The highest BCUT2D eigenvalue weighted by atomic mass is 16.4. The smallest absolute Gasteiger partial charge is 0.303 e. The van der Waals surface area contributed by atoms with Crippen molar-refractivity contribution in [3.05, 3.63) is 42.2 Å². The molecule has 1 N–H and O–H groups in total. The molecule has 2 rings (SSSR count). The number of benzene rings is 1. The number of aliphatic carboxylic acids is 1. The standard InChI is InChI=1S/C14H16N4O3/c1-17(8-3-6-13(19)20)14(21)11-4-2-5-12(10-11)18-9-7-15-16-18/h2,4-5,7,9-10H,3,6,8H2,1H3,(H,19,20). The monoisotopic (exact) mass is 288 g/mol. The zero-order valence-corrected chi connectivity index (χ0v) is 11.6. The van der Waals surface area contributed by atoms with Crippen molar-refractivity contribution >= 4 is 11.9 Å². The summed E-state index contributed by atoms with van der Waals surface area (Å²) in [6.45, 7) is 0.401. The number of carbonyl (C=O) groups excluding carboxylic acids is 1. The van der Waals surface area contributed by atoms with Crippen molar-refractivity contribution in [1.29, 1.82) is 0 Å². The maximum Gasteiger partial charge on any atom is 0.303 e. The lowest BCUT2D eigenvalue weighted by Gasteiger charge is -2.17. The van der Waals surface area contributed by atoms with E-state index in [0.717, 1.165) is 5.69 Å². The van der Waals surface area contributed by atoms with Gasteiger partial charge in [0.05, 0.1) is 18.1 Å². The molecule has 110 valence electrons. The zero-order chi connectivity index (χ0) is 15.2. The lowest BCUT2D eigenvalue weighted by Crippen LogP contribution is -2.28. The topological polar surface area (TPSA) is 88.3 Å². The Kier molecular flexibility index (Phi) is 4.65. The summed E-state index contributed by atoms with van der Waals surface area (Å²) in [4.78, 5) is 24.3. The maximum absolute atomic E-state index is 12.3. The molecule has 1 aromatic heterocycles. The number of rotatable bonds is 6. The van der Waals surface area contributed by atoms with Crippen LogP contribution in [0.25, 0.3) is 5.69 Å². The molecule has 0 unspecified atom stereocenters. The van der Waals surface area contributed by atoms with Crippen LogP contribution in [0.1, 0.15) is 23.2 Å². The lowest BCUT2D eigenvalue weighted by atomic mass is 10.1. The molecule has 0 fully saturated rings. The van der Waals surface area contributed by atoms with E-state index in [-0.39, 0.29) is 12.3 Å². The van der Waals surface area contributed by atoms with Crippen LogP contribution in [0.5, 0.6) is 0 Å². The Bertz CT molecular complexity index is 625. The number of amides is 1. The molecule has 0 radical (unpaired) electrons. The minimum Gasteiger partial charge on any atom is -0.481 e. The van der Waals surface area contributed by atoms with Gasteiger partial charge in [-0.2, -0.15) is 0 Å². The Balaban J connectivity index is 2.05. The Morgan fingerprint density at radius 1 is 1.38 bits per heavy atom. The second-order valence-electron chi connectivity index (χ2n) is 4.62. The number of carboxylic acids is 1. The van der Waals surface area contributed by atoms with Gasteiger partial charge in [-0.3, -0.25) is 9.59 Å². The van der Waals surface area contributed by atoms with Crippen molar-refractivity contribution in [2.75, 3.05) is 13.6 Å². The molecule has 1 heterocycles. The Morgan fingerprint density at radius 2 is 2.19 bits per heavy atom. The van der Waals surface area contributed by atoms with Crippen LogP contribution in [0.15, 0.2) is 36.7 Å². The number of carboxylic acid groups (broad SMARTS) is 1. The van der Waals surface area contributed by atoms with E-state index in [9.17, 15) is 9.59 Å². The van der Waals surface area contributed by atoms with E-state index in [1.54, 1.807) is 42.3 Å². The molecule has 0 aliphatic heterocycles. The average Bonchev–Trinajstić information content (AvgIpc) is 3.00. The van der Waals surface area contributed by atoms with Gasteiger partial charge in [-0.1, -0.05) is 11.3 Å². The van der Waals surface area contributed by atoms with E-state index in [0.29, 0.717) is 18.5 Å². The van der Waals surface area contributed by atoms with Crippen molar-refractivity contribution in [3.63, 3.8) is 0 Å². The molecule has 0 spiro atoms. The SMILES string of the molecule is CN(CCCC(=O)O)C(=O)c1cccc(-n2ccnn2)c1. The second-order valence-corrected chi connectivity index (χ2v) is 4.62. The van der Waals surface area contributed by atoms with Gasteiger partial charge in [0.15, 0.2) is 0 Å². The molecule has 1 aromatic carbocycles. The van der Waals surface area contributed by atoms with Crippen molar-refractivity contribution < 1.29 is 14.7 Å². The van der Waals surface area contributed by atoms with Crippen LogP contribution in [0.3, 0.4) is 0 Å². The van der Waals surface area contributed by atoms with Gasteiger partial charge < -0.3 is 10.0 Å². The number of aromatic nitrogens is 3. The highest BCUT2D eigenvalue weighted by Gasteiger charge is 2.12. The first-order valence-corrected chi connectivity index (χ1v) is 6.52. The van der Waals surface area contributed by atoms with Crippen molar-refractivity contribution in [1.82, 2.24) is 19.9 Å². The predicted molar refractivity (Wildman–Crippen MR) is 75.2 cm³/mol. The number of hydrogen-bond acceptors (Lipinski definition) is 4. The molecular weight excluding hydrogens is 272 g/mol. The van der Waals surface area contributed by atoms with Gasteiger partial charge in [0.2, 0.25) is 0 Å². The normalized spacial score (nSPS) is 10.3. The van der Waals surface area contributed by atoms with Crippen LogP contribution >= 0.6 is 0 Å². The summed E-state index contributed by atoms with van der Waals surface area (Å²) in [6, 6.07) is 7.05. The molecule has 0 saturated carbocycles. The third kappa shape index (κ3) is 3.88. The zero-order valence-electron chi connectivity index (χ0n) is 11.6. The average molecular weight is 288 g/mol. The molecular formula is C14H16N4O3. The summed E-state index contributed by atoms with van der Waals surface area (Å²) in [5.41, 5.74) is 1.28. The van der Waals surface area contributed by atoms with Crippen molar-refractivity contribution in [2.24, 2.45) is 0 Å². The fourth-order valence-corrected chi connectivity index (χ4v) is 1.92. The lowest BCUT2D eigenvalue weighted by molar-refractivity contribution is -0.137. The van der Waals surface area contributed by atoms with E-state index in [4.69, 9.17) is 5.11 Å². The van der Waals surface area contributed by atoms with Gasteiger partial charge in [0.25, 0.3) is 5.91 Å². The van der Waals surface area contributed by atoms with E-state index in [1.807, 2.05) is 6.07 Å². The van der Waals surface area contributed by atoms with E-state index < -0.39 is 5.97 Å². The van der Waals surface area contributed by atoms with Gasteiger partial charge in [0, 0.05) is 25.6 Å². The van der Waals surface area contributed by atoms with Crippen LogP contribution in [0, 0.1) is 0 Å².